The minimum atomic E-state index is -4.30. The van der Waals surface area contributed by atoms with Gasteiger partial charge in [0.15, 0.2) is 0 Å². The zero-order valence-corrected chi connectivity index (χ0v) is 10.2. The van der Waals surface area contributed by atoms with Crippen molar-refractivity contribution in [2.75, 3.05) is 26.3 Å². The van der Waals surface area contributed by atoms with E-state index in [4.69, 9.17) is 0 Å². The molecule has 0 bridgehead atoms. The van der Waals surface area contributed by atoms with Crippen LogP contribution in [0.15, 0.2) is 0 Å². The maximum atomic E-state index is 11.7. The first-order valence-corrected chi connectivity index (χ1v) is 5.89. The van der Waals surface area contributed by atoms with Crippen molar-refractivity contribution < 1.29 is 22.7 Å². The van der Waals surface area contributed by atoms with Crippen molar-refractivity contribution in [1.29, 1.82) is 0 Å². The van der Waals surface area contributed by atoms with E-state index in [1.165, 1.54) is 4.90 Å². The maximum Gasteiger partial charge on any atom is 0.411 e. The Morgan fingerprint density at radius 2 is 2.19 bits per heavy atom. The molecule has 1 aliphatic heterocycles. The van der Waals surface area contributed by atoms with Crippen molar-refractivity contribution in [1.82, 2.24) is 4.90 Å². The van der Waals surface area contributed by atoms with Crippen LogP contribution in [0.2, 0.25) is 0 Å². The van der Waals surface area contributed by atoms with Gasteiger partial charge in [-0.3, -0.25) is 4.79 Å². The molecule has 0 aromatic heterocycles. The summed E-state index contributed by atoms with van der Waals surface area (Å²) < 4.78 is 39.7. The van der Waals surface area contributed by atoms with Gasteiger partial charge in [0.1, 0.15) is 6.61 Å². The van der Waals surface area contributed by atoms with Gasteiger partial charge < -0.3 is 9.64 Å². The average Bonchev–Trinajstić information content (AvgIpc) is 2.17. The van der Waals surface area contributed by atoms with Gasteiger partial charge in [-0.25, -0.2) is 0 Å². The van der Waals surface area contributed by atoms with Gasteiger partial charge in [-0.2, -0.15) is 13.2 Å². The fourth-order valence-corrected chi connectivity index (χ4v) is 2.09. The lowest BCUT2D eigenvalue weighted by molar-refractivity contribution is -0.175. The Hall–Kier alpha value is -0.300. The minimum Gasteiger partial charge on any atom is -0.370 e. The highest BCUT2D eigenvalue weighted by molar-refractivity contribution is 9.10. The fourth-order valence-electron chi connectivity index (χ4n) is 1.48. The van der Waals surface area contributed by atoms with Crippen LogP contribution in [0.3, 0.4) is 0 Å². The van der Waals surface area contributed by atoms with Gasteiger partial charge in [-0.15, -0.1) is 0 Å². The standard InChI is InChI=1S/C9H13BrF3NO2/c10-7-2-1-3-14(8(7)15)4-5-16-6-9(11,12)13/h7H,1-6H2. The number of alkyl halides is 4. The van der Waals surface area contributed by atoms with Gasteiger partial charge in [0.05, 0.1) is 11.4 Å². The van der Waals surface area contributed by atoms with Crippen molar-refractivity contribution in [2.45, 2.75) is 23.8 Å². The molecule has 1 fully saturated rings. The Balaban J connectivity index is 2.20. The van der Waals surface area contributed by atoms with Gasteiger partial charge in [-0.05, 0) is 12.8 Å². The first kappa shape index (κ1) is 13.8. The average molecular weight is 304 g/mol. The van der Waals surface area contributed by atoms with Gasteiger partial charge in [0, 0.05) is 13.1 Å². The molecular formula is C9H13BrF3NO2. The second kappa shape index (κ2) is 5.86. The van der Waals surface area contributed by atoms with E-state index in [1.54, 1.807) is 0 Å². The number of halogens is 4. The first-order chi connectivity index (χ1) is 7.40. The summed E-state index contributed by atoms with van der Waals surface area (Å²) in [6.07, 6.45) is -2.66. The summed E-state index contributed by atoms with van der Waals surface area (Å²) in [5.74, 6) is -0.0677. The summed E-state index contributed by atoms with van der Waals surface area (Å²) in [5, 5.41) is 0. The first-order valence-electron chi connectivity index (χ1n) is 4.97. The number of carbonyl (C=O) groups is 1. The molecule has 1 unspecified atom stereocenters. The number of amides is 1. The summed E-state index contributed by atoms with van der Waals surface area (Å²) in [7, 11) is 0. The molecule has 0 spiro atoms. The van der Waals surface area contributed by atoms with E-state index >= 15 is 0 Å². The van der Waals surface area contributed by atoms with Crippen LogP contribution >= 0.6 is 15.9 Å². The van der Waals surface area contributed by atoms with Crippen LogP contribution in [-0.2, 0) is 9.53 Å². The van der Waals surface area contributed by atoms with E-state index < -0.39 is 12.8 Å². The van der Waals surface area contributed by atoms with Crippen molar-refractivity contribution in [3.05, 3.63) is 0 Å². The SMILES string of the molecule is O=C1C(Br)CCCN1CCOCC(F)(F)F. The lowest BCUT2D eigenvalue weighted by atomic mass is 10.1. The van der Waals surface area contributed by atoms with Crippen LogP contribution in [0.4, 0.5) is 13.2 Å². The molecule has 7 heteroatoms. The number of hydrogen-bond acceptors (Lipinski definition) is 2. The Bertz CT molecular complexity index is 247. The van der Waals surface area contributed by atoms with E-state index in [1.807, 2.05) is 0 Å². The third-order valence-electron chi connectivity index (χ3n) is 2.24. The van der Waals surface area contributed by atoms with Crippen molar-refractivity contribution in [3.63, 3.8) is 0 Å². The minimum absolute atomic E-state index is 0.0677. The van der Waals surface area contributed by atoms with Crippen LogP contribution in [-0.4, -0.2) is 48.1 Å². The molecule has 3 nitrogen and oxygen atoms in total. The molecule has 0 radical (unpaired) electrons. The van der Waals surface area contributed by atoms with Crippen LogP contribution in [0.5, 0.6) is 0 Å². The van der Waals surface area contributed by atoms with Gasteiger partial charge in [-0.1, -0.05) is 15.9 Å². The molecule has 0 N–H and O–H groups in total. The molecule has 94 valence electrons. The highest BCUT2D eigenvalue weighted by Gasteiger charge is 2.28. The Labute approximate surface area is 100 Å². The van der Waals surface area contributed by atoms with Gasteiger partial charge in [0.2, 0.25) is 5.91 Å². The second-order valence-electron chi connectivity index (χ2n) is 3.60. The summed E-state index contributed by atoms with van der Waals surface area (Å²) >= 11 is 3.22. The molecule has 16 heavy (non-hydrogen) atoms. The molecule has 1 saturated heterocycles. The quantitative estimate of drug-likeness (QED) is 0.587. The molecule has 1 amide bonds. The highest BCUT2D eigenvalue weighted by Crippen LogP contribution is 2.18. The number of carbonyl (C=O) groups excluding carboxylic acids is 1. The zero-order chi connectivity index (χ0) is 12.2. The fraction of sp³-hybridized carbons (Fsp3) is 0.889. The van der Waals surface area contributed by atoms with E-state index in [2.05, 4.69) is 20.7 Å². The smallest absolute Gasteiger partial charge is 0.370 e. The van der Waals surface area contributed by atoms with Crippen molar-refractivity contribution >= 4 is 21.8 Å². The highest BCUT2D eigenvalue weighted by atomic mass is 79.9. The molecule has 1 heterocycles. The molecule has 0 aromatic rings. The summed E-state index contributed by atoms with van der Waals surface area (Å²) in [6, 6.07) is 0. The van der Waals surface area contributed by atoms with Gasteiger partial charge in [0.25, 0.3) is 0 Å². The molecule has 1 aliphatic rings. The zero-order valence-electron chi connectivity index (χ0n) is 8.60. The molecule has 0 saturated carbocycles. The monoisotopic (exact) mass is 303 g/mol. The Kier molecular flexibility index (Phi) is 5.04. The van der Waals surface area contributed by atoms with E-state index in [-0.39, 0.29) is 23.9 Å². The number of hydrogen-bond donors (Lipinski definition) is 0. The Morgan fingerprint density at radius 3 is 2.81 bits per heavy atom. The third-order valence-corrected chi connectivity index (χ3v) is 3.09. The number of rotatable bonds is 4. The van der Waals surface area contributed by atoms with Gasteiger partial charge >= 0.3 is 6.18 Å². The number of piperidine rings is 1. The Morgan fingerprint density at radius 1 is 1.50 bits per heavy atom. The molecule has 1 rings (SSSR count). The van der Waals surface area contributed by atoms with Crippen LogP contribution in [0.1, 0.15) is 12.8 Å². The largest absolute Gasteiger partial charge is 0.411 e. The lowest BCUT2D eigenvalue weighted by Gasteiger charge is -2.29. The topological polar surface area (TPSA) is 29.5 Å². The molecular weight excluding hydrogens is 291 g/mol. The van der Waals surface area contributed by atoms with E-state index in [9.17, 15) is 18.0 Å². The molecule has 0 aliphatic carbocycles. The van der Waals surface area contributed by atoms with Crippen molar-refractivity contribution in [2.24, 2.45) is 0 Å². The number of ether oxygens (including phenoxy) is 1. The predicted octanol–water partition coefficient (Wildman–Crippen LogP) is 1.95. The normalized spacial score (nSPS) is 22.6. The number of nitrogens with zero attached hydrogens (tertiary/aromatic N) is 1. The summed E-state index contributed by atoms with van der Waals surface area (Å²) in [5.41, 5.74) is 0. The molecule has 1 atom stereocenters. The van der Waals surface area contributed by atoms with Crippen LogP contribution in [0, 0.1) is 0 Å². The summed E-state index contributed by atoms with van der Waals surface area (Å²) in [6.45, 7) is -0.523. The van der Waals surface area contributed by atoms with Crippen LogP contribution in [0.25, 0.3) is 0 Å². The van der Waals surface area contributed by atoms with E-state index in [0.717, 1.165) is 12.8 Å². The lowest BCUT2D eigenvalue weighted by Crippen LogP contribution is -2.43. The van der Waals surface area contributed by atoms with Crippen molar-refractivity contribution in [3.8, 4) is 0 Å². The second-order valence-corrected chi connectivity index (χ2v) is 4.71. The molecule has 0 aromatic carbocycles. The van der Waals surface area contributed by atoms with E-state index in [0.29, 0.717) is 6.54 Å². The third kappa shape index (κ3) is 4.69. The predicted molar refractivity (Wildman–Crippen MR) is 55.4 cm³/mol. The summed E-state index contributed by atoms with van der Waals surface area (Å²) in [4.78, 5) is 12.8. The van der Waals surface area contributed by atoms with Crippen LogP contribution < -0.4 is 0 Å². The number of likely N-dealkylation sites (tertiary alicyclic amines) is 1. The maximum absolute atomic E-state index is 11.7.